The largest absolute Gasteiger partial charge is 0.320 e. The first-order valence-electron chi connectivity index (χ1n) is 6.79. The molecule has 1 aliphatic rings. The van der Waals surface area contributed by atoms with Crippen LogP contribution in [0.3, 0.4) is 0 Å². The number of carbonyl (C=O) groups is 1. The number of amides is 2. The predicted molar refractivity (Wildman–Crippen MR) is 79.3 cm³/mol. The van der Waals surface area contributed by atoms with Crippen molar-refractivity contribution < 1.29 is 4.79 Å². The van der Waals surface area contributed by atoms with Crippen LogP contribution in [0.1, 0.15) is 23.2 Å². The van der Waals surface area contributed by atoms with E-state index < -0.39 is 0 Å². The molecular formula is C17H18N2O. The molecule has 20 heavy (non-hydrogen) atoms. The summed E-state index contributed by atoms with van der Waals surface area (Å²) in [6.45, 7) is 0. The van der Waals surface area contributed by atoms with Gasteiger partial charge in [0.1, 0.15) is 0 Å². The fraction of sp³-hybridized carbons (Fsp3) is 0.235. The van der Waals surface area contributed by atoms with Gasteiger partial charge in [-0.25, -0.2) is 4.79 Å². The molecule has 1 heterocycles. The number of likely N-dealkylation sites (N-methyl/N-ethyl adjacent to an activating group) is 2. The number of nitrogens with zero attached hydrogens (tertiary/aromatic N) is 2. The second kappa shape index (κ2) is 5.00. The fourth-order valence-electron chi connectivity index (χ4n) is 3.02. The summed E-state index contributed by atoms with van der Waals surface area (Å²) in [5.74, 6) is 0. The van der Waals surface area contributed by atoms with Crippen molar-refractivity contribution in [1.82, 2.24) is 9.80 Å². The molecular weight excluding hydrogens is 248 g/mol. The Balaban J connectivity index is 2.07. The number of rotatable bonds is 2. The average molecular weight is 266 g/mol. The number of hydrogen-bond acceptors (Lipinski definition) is 1. The van der Waals surface area contributed by atoms with Crippen LogP contribution in [0.15, 0.2) is 60.7 Å². The van der Waals surface area contributed by atoms with Crippen molar-refractivity contribution in [1.29, 1.82) is 0 Å². The normalized spacial score (nSPS) is 22.4. The van der Waals surface area contributed by atoms with E-state index in [-0.39, 0.29) is 18.1 Å². The molecule has 3 heteroatoms. The zero-order chi connectivity index (χ0) is 14.1. The minimum atomic E-state index is 0.0519. The summed E-state index contributed by atoms with van der Waals surface area (Å²) in [5, 5.41) is 0. The van der Waals surface area contributed by atoms with E-state index in [1.807, 2.05) is 60.3 Å². The van der Waals surface area contributed by atoms with Gasteiger partial charge in [-0.3, -0.25) is 0 Å². The van der Waals surface area contributed by atoms with Crippen LogP contribution < -0.4 is 0 Å². The number of hydrogen-bond donors (Lipinski definition) is 0. The zero-order valence-corrected chi connectivity index (χ0v) is 11.7. The van der Waals surface area contributed by atoms with Gasteiger partial charge in [-0.05, 0) is 11.1 Å². The van der Waals surface area contributed by atoms with E-state index in [0.29, 0.717) is 0 Å². The summed E-state index contributed by atoms with van der Waals surface area (Å²) in [5.41, 5.74) is 2.34. The molecule has 0 saturated carbocycles. The molecule has 2 atom stereocenters. The Kier molecular flexibility index (Phi) is 3.18. The highest BCUT2D eigenvalue weighted by atomic mass is 16.2. The number of benzene rings is 2. The molecule has 0 aliphatic carbocycles. The Bertz CT molecular complexity index is 543. The molecule has 1 fully saturated rings. The Labute approximate surface area is 119 Å². The third-order valence-corrected chi connectivity index (χ3v) is 4.02. The molecule has 1 saturated heterocycles. The minimum absolute atomic E-state index is 0.0519. The lowest BCUT2D eigenvalue weighted by atomic mass is 9.93. The molecule has 0 radical (unpaired) electrons. The van der Waals surface area contributed by atoms with Crippen molar-refractivity contribution in [3.05, 3.63) is 71.8 Å². The van der Waals surface area contributed by atoms with Crippen LogP contribution in [0.25, 0.3) is 0 Å². The Hall–Kier alpha value is -2.29. The highest BCUT2D eigenvalue weighted by Gasteiger charge is 2.43. The second-order valence-corrected chi connectivity index (χ2v) is 5.22. The molecule has 3 nitrogen and oxygen atoms in total. The van der Waals surface area contributed by atoms with Gasteiger partial charge in [-0.2, -0.15) is 0 Å². The highest BCUT2D eigenvalue weighted by molar-refractivity contribution is 5.78. The quantitative estimate of drug-likeness (QED) is 0.816. The molecule has 1 aliphatic heterocycles. The third kappa shape index (κ3) is 1.95. The van der Waals surface area contributed by atoms with Gasteiger partial charge in [-0.1, -0.05) is 60.7 Å². The van der Waals surface area contributed by atoms with Crippen LogP contribution in [-0.2, 0) is 0 Å². The van der Waals surface area contributed by atoms with Crippen LogP contribution in [0.2, 0.25) is 0 Å². The van der Waals surface area contributed by atoms with E-state index in [1.165, 1.54) is 11.1 Å². The van der Waals surface area contributed by atoms with E-state index in [0.717, 1.165) is 0 Å². The van der Waals surface area contributed by atoms with Crippen LogP contribution in [0.4, 0.5) is 4.79 Å². The van der Waals surface area contributed by atoms with Crippen LogP contribution >= 0.6 is 0 Å². The predicted octanol–water partition coefficient (Wildman–Crippen LogP) is 3.47. The van der Waals surface area contributed by atoms with Gasteiger partial charge in [0.05, 0.1) is 12.1 Å². The van der Waals surface area contributed by atoms with Gasteiger partial charge in [0.25, 0.3) is 0 Å². The minimum Gasteiger partial charge on any atom is -0.318 e. The molecule has 2 amide bonds. The summed E-state index contributed by atoms with van der Waals surface area (Å²) < 4.78 is 0. The molecule has 0 aromatic heterocycles. The van der Waals surface area contributed by atoms with E-state index in [1.54, 1.807) is 0 Å². The molecule has 0 spiro atoms. The van der Waals surface area contributed by atoms with E-state index in [4.69, 9.17) is 0 Å². The van der Waals surface area contributed by atoms with Crippen molar-refractivity contribution in [3.63, 3.8) is 0 Å². The van der Waals surface area contributed by atoms with E-state index in [9.17, 15) is 4.79 Å². The van der Waals surface area contributed by atoms with Crippen molar-refractivity contribution >= 4 is 6.03 Å². The summed E-state index contributed by atoms with van der Waals surface area (Å²) in [6, 6.07) is 20.6. The molecule has 102 valence electrons. The first-order chi connectivity index (χ1) is 9.70. The zero-order valence-electron chi connectivity index (χ0n) is 11.7. The van der Waals surface area contributed by atoms with Gasteiger partial charge in [0.2, 0.25) is 0 Å². The lowest BCUT2D eigenvalue weighted by Crippen LogP contribution is -2.26. The third-order valence-electron chi connectivity index (χ3n) is 4.02. The Morgan fingerprint density at radius 1 is 0.700 bits per heavy atom. The van der Waals surface area contributed by atoms with Gasteiger partial charge in [0.15, 0.2) is 0 Å². The van der Waals surface area contributed by atoms with Crippen LogP contribution in [0.5, 0.6) is 0 Å². The summed E-state index contributed by atoms with van der Waals surface area (Å²) in [7, 11) is 3.75. The van der Waals surface area contributed by atoms with Gasteiger partial charge < -0.3 is 9.80 Å². The van der Waals surface area contributed by atoms with Crippen molar-refractivity contribution in [3.8, 4) is 0 Å². The van der Waals surface area contributed by atoms with Gasteiger partial charge in [-0.15, -0.1) is 0 Å². The van der Waals surface area contributed by atoms with Crippen LogP contribution in [-0.4, -0.2) is 29.9 Å². The standard InChI is InChI=1S/C17H18N2O/c1-18-15(13-9-5-3-6-10-13)16(19(2)17(18)20)14-11-7-4-8-12-14/h3-12,15-16H,1-2H3. The Morgan fingerprint density at radius 3 is 1.40 bits per heavy atom. The Morgan fingerprint density at radius 2 is 1.05 bits per heavy atom. The maximum Gasteiger partial charge on any atom is 0.320 e. The first kappa shape index (κ1) is 12.7. The number of urea groups is 1. The highest BCUT2D eigenvalue weighted by Crippen LogP contribution is 2.42. The number of carbonyl (C=O) groups excluding carboxylic acids is 1. The fourth-order valence-corrected chi connectivity index (χ4v) is 3.02. The molecule has 0 N–H and O–H groups in total. The van der Waals surface area contributed by atoms with Crippen molar-refractivity contribution in [2.45, 2.75) is 12.1 Å². The summed E-state index contributed by atoms with van der Waals surface area (Å²) in [6.07, 6.45) is 0. The lowest BCUT2D eigenvalue weighted by Gasteiger charge is -2.26. The molecule has 3 rings (SSSR count). The van der Waals surface area contributed by atoms with Gasteiger partial charge in [0, 0.05) is 14.1 Å². The monoisotopic (exact) mass is 266 g/mol. The molecule has 2 aromatic rings. The van der Waals surface area contributed by atoms with Gasteiger partial charge >= 0.3 is 6.03 Å². The summed E-state index contributed by atoms with van der Waals surface area (Å²) >= 11 is 0. The molecule has 0 bridgehead atoms. The summed E-state index contributed by atoms with van der Waals surface area (Å²) in [4.78, 5) is 16.0. The SMILES string of the molecule is CN1C(=O)N(C)C(c2ccccc2)C1c1ccccc1. The van der Waals surface area contributed by atoms with E-state index >= 15 is 0 Å². The lowest BCUT2D eigenvalue weighted by molar-refractivity contribution is 0.199. The van der Waals surface area contributed by atoms with E-state index in [2.05, 4.69) is 24.3 Å². The smallest absolute Gasteiger partial charge is 0.318 e. The average Bonchev–Trinajstić information content (AvgIpc) is 2.73. The molecule has 2 unspecified atom stereocenters. The maximum absolute atomic E-state index is 12.3. The van der Waals surface area contributed by atoms with Crippen molar-refractivity contribution in [2.75, 3.05) is 14.1 Å². The van der Waals surface area contributed by atoms with Crippen LogP contribution in [0, 0.1) is 0 Å². The second-order valence-electron chi connectivity index (χ2n) is 5.22. The first-order valence-corrected chi connectivity index (χ1v) is 6.79. The maximum atomic E-state index is 12.3. The topological polar surface area (TPSA) is 23.6 Å². The van der Waals surface area contributed by atoms with Crippen molar-refractivity contribution in [2.24, 2.45) is 0 Å². The molecule has 2 aromatic carbocycles.